The minimum absolute atomic E-state index is 0.00836. The van der Waals surface area contributed by atoms with E-state index in [-0.39, 0.29) is 28.7 Å². The molecule has 0 fully saturated rings. The number of sulfonamides is 1. The average molecular weight is 560 g/mol. The first-order chi connectivity index (χ1) is 18.0. The van der Waals surface area contributed by atoms with Crippen LogP contribution in [0.5, 0.6) is 0 Å². The van der Waals surface area contributed by atoms with Crippen LogP contribution in [0.15, 0.2) is 83.8 Å². The number of rotatable bonds is 11. The third-order valence-corrected chi connectivity index (χ3v) is 8.23. The molecule has 2 amide bonds. The molecule has 0 saturated carbocycles. The summed E-state index contributed by atoms with van der Waals surface area (Å²) >= 11 is 6.02. The van der Waals surface area contributed by atoms with Crippen LogP contribution in [0.25, 0.3) is 0 Å². The van der Waals surface area contributed by atoms with Crippen molar-refractivity contribution in [1.29, 1.82) is 0 Å². The molecule has 7 nitrogen and oxygen atoms in total. The summed E-state index contributed by atoms with van der Waals surface area (Å²) in [6.07, 6.45) is 0.680. The molecule has 3 aromatic carbocycles. The standard InChI is InChI=1S/C28H31ClFN3O4S/c1-4-20(2)31-28(35)21(3)32(18-22-10-8-9-13-26(22)30)27(34)19-33(24-16-14-23(29)15-17-24)38(36,37)25-11-6-5-7-12-25/h5-17,20-21H,4,18-19H2,1-3H3,(H,31,35). The minimum Gasteiger partial charge on any atom is -0.352 e. The summed E-state index contributed by atoms with van der Waals surface area (Å²) in [7, 11) is -4.18. The van der Waals surface area contributed by atoms with Gasteiger partial charge in [-0.05, 0) is 62.7 Å². The smallest absolute Gasteiger partial charge is 0.264 e. The van der Waals surface area contributed by atoms with Gasteiger partial charge in [-0.1, -0.05) is 54.9 Å². The van der Waals surface area contributed by atoms with Gasteiger partial charge in [0.2, 0.25) is 11.8 Å². The van der Waals surface area contributed by atoms with Crippen molar-refractivity contribution in [3.63, 3.8) is 0 Å². The van der Waals surface area contributed by atoms with Crippen molar-refractivity contribution >= 4 is 39.1 Å². The molecule has 0 aliphatic heterocycles. The molecule has 0 aromatic heterocycles. The molecule has 0 bridgehead atoms. The van der Waals surface area contributed by atoms with Crippen molar-refractivity contribution in [1.82, 2.24) is 10.2 Å². The Morgan fingerprint density at radius 1 is 0.947 bits per heavy atom. The van der Waals surface area contributed by atoms with Crippen LogP contribution in [0.1, 0.15) is 32.8 Å². The molecular weight excluding hydrogens is 529 g/mol. The highest BCUT2D eigenvalue weighted by molar-refractivity contribution is 7.92. The second-order valence-corrected chi connectivity index (χ2v) is 11.2. The summed E-state index contributed by atoms with van der Waals surface area (Å²) in [4.78, 5) is 28.0. The number of benzene rings is 3. The zero-order valence-electron chi connectivity index (χ0n) is 21.5. The Kier molecular flexibility index (Phi) is 9.88. The molecule has 0 aliphatic rings. The van der Waals surface area contributed by atoms with Crippen LogP contribution in [0.4, 0.5) is 10.1 Å². The van der Waals surface area contributed by atoms with Crippen LogP contribution in [0.3, 0.4) is 0 Å². The number of amides is 2. The largest absolute Gasteiger partial charge is 0.352 e. The van der Waals surface area contributed by atoms with E-state index < -0.39 is 40.2 Å². The Bertz CT molecular complexity index is 1350. The maximum Gasteiger partial charge on any atom is 0.264 e. The fourth-order valence-corrected chi connectivity index (χ4v) is 5.28. The molecule has 3 aromatic rings. The summed E-state index contributed by atoms with van der Waals surface area (Å²) < 4.78 is 42.8. The van der Waals surface area contributed by atoms with E-state index in [2.05, 4.69) is 5.32 Å². The molecule has 1 N–H and O–H groups in total. The summed E-state index contributed by atoms with van der Waals surface area (Å²) in [6.45, 7) is 4.45. The van der Waals surface area contributed by atoms with E-state index in [9.17, 15) is 22.4 Å². The number of hydrogen-bond donors (Lipinski definition) is 1. The first-order valence-electron chi connectivity index (χ1n) is 12.2. The molecule has 38 heavy (non-hydrogen) atoms. The van der Waals surface area contributed by atoms with Crippen LogP contribution in [0.2, 0.25) is 5.02 Å². The first kappa shape index (κ1) is 29.1. The predicted molar refractivity (Wildman–Crippen MR) is 147 cm³/mol. The normalized spacial score (nSPS) is 12.9. The van der Waals surface area contributed by atoms with Crippen molar-refractivity contribution in [3.8, 4) is 0 Å². The molecule has 3 rings (SSSR count). The van der Waals surface area contributed by atoms with Crippen LogP contribution in [-0.4, -0.2) is 43.8 Å². The van der Waals surface area contributed by atoms with Gasteiger partial charge in [0.1, 0.15) is 18.4 Å². The Balaban J connectivity index is 2.02. The number of nitrogens with zero attached hydrogens (tertiary/aromatic N) is 2. The quantitative estimate of drug-likeness (QED) is 0.358. The summed E-state index contributed by atoms with van der Waals surface area (Å²) in [5, 5.41) is 3.24. The molecule has 0 saturated heterocycles. The van der Waals surface area contributed by atoms with Gasteiger partial charge in [0, 0.05) is 23.2 Å². The van der Waals surface area contributed by atoms with Gasteiger partial charge in [-0.15, -0.1) is 0 Å². The summed E-state index contributed by atoms with van der Waals surface area (Å²) in [5.74, 6) is -1.63. The van der Waals surface area contributed by atoms with E-state index in [1.807, 2.05) is 13.8 Å². The van der Waals surface area contributed by atoms with Gasteiger partial charge < -0.3 is 10.2 Å². The van der Waals surface area contributed by atoms with Gasteiger partial charge >= 0.3 is 0 Å². The number of carbonyl (C=O) groups is 2. The molecule has 0 radical (unpaired) electrons. The lowest BCUT2D eigenvalue weighted by atomic mass is 10.1. The zero-order chi connectivity index (χ0) is 27.9. The van der Waals surface area contributed by atoms with E-state index in [4.69, 9.17) is 11.6 Å². The summed E-state index contributed by atoms with van der Waals surface area (Å²) in [5.41, 5.74) is 0.419. The predicted octanol–water partition coefficient (Wildman–Crippen LogP) is 5.01. The lowest BCUT2D eigenvalue weighted by Gasteiger charge is -2.32. The molecule has 10 heteroatoms. The average Bonchev–Trinajstić information content (AvgIpc) is 2.91. The van der Waals surface area contributed by atoms with Gasteiger partial charge in [0.25, 0.3) is 10.0 Å². The van der Waals surface area contributed by atoms with E-state index in [1.165, 1.54) is 66.4 Å². The van der Waals surface area contributed by atoms with Crippen LogP contribution >= 0.6 is 11.6 Å². The molecule has 2 atom stereocenters. The fourth-order valence-electron chi connectivity index (χ4n) is 3.71. The maximum absolute atomic E-state index is 14.6. The number of anilines is 1. The van der Waals surface area contributed by atoms with Crippen molar-refractivity contribution in [2.75, 3.05) is 10.8 Å². The number of carbonyl (C=O) groups excluding carboxylic acids is 2. The lowest BCUT2D eigenvalue weighted by Crippen LogP contribution is -2.52. The van der Waals surface area contributed by atoms with E-state index in [1.54, 1.807) is 24.3 Å². The van der Waals surface area contributed by atoms with Crippen molar-refractivity contribution in [3.05, 3.63) is 95.3 Å². The second-order valence-electron chi connectivity index (χ2n) is 8.91. The van der Waals surface area contributed by atoms with Crippen molar-refractivity contribution in [2.24, 2.45) is 0 Å². The third-order valence-electron chi connectivity index (χ3n) is 6.19. The first-order valence-corrected chi connectivity index (χ1v) is 14.0. The molecule has 0 spiro atoms. The topological polar surface area (TPSA) is 86.8 Å². The summed E-state index contributed by atoms with van der Waals surface area (Å²) in [6, 6.07) is 18.6. The number of nitrogens with one attached hydrogen (secondary N) is 1. The van der Waals surface area contributed by atoms with Crippen LogP contribution in [0, 0.1) is 5.82 Å². The number of hydrogen-bond acceptors (Lipinski definition) is 4. The third kappa shape index (κ3) is 7.11. The SMILES string of the molecule is CCC(C)NC(=O)C(C)N(Cc1ccccc1F)C(=O)CN(c1ccc(Cl)cc1)S(=O)(=O)c1ccccc1. The molecule has 0 aliphatic carbocycles. The van der Waals surface area contributed by atoms with Crippen molar-refractivity contribution < 1.29 is 22.4 Å². The van der Waals surface area contributed by atoms with Crippen molar-refractivity contribution in [2.45, 2.75) is 50.7 Å². The highest BCUT2D eigenvalue weighted by atomic mass is 35.5. The Hall–Kier alpha value is -3.43. The highest BCUT2D eigenvalue weighted by Gasteiger charge is 2.33. The second kappa shape index (κ2) is 12.9. The van der Waals surface area contributed by atoms with E-state index in [0.717, 1.165) is 4.31 Å². The molecular formula is C28H31ClFN3O4S. The van der Waals surface area contributed by atoms with Gasteiger partial charge in [0.15, 0.2) is 0 Å². The maximum atomic E-state index is 14.6. The van der Waals surface area contributed by atoms with E-state index in [0.29, 0.717) is 11.4 Å². The molecule has 202 valence electrons. The monoisotopic (exact) mass is 559 g/mol. The minimum atomic E-state index is -4.18. The van der Waals surface area contributed by atoms with Crippen LogP contribution in [-0.2, 0) is 26.2 Å². The highest BCUT2D eigenvalue weighted by Crippen LogP contribution is 2.26. The Morgan fingerprint density at radius 2 is 1.55 bits per heavy atom. The molecule has 0 heterocycles. The zero-order valence-corrected chi connectivity index (χ0v) is 23.0. The van der Waals surface area contributed by atoms with Gasteiger partial charge in [-0.3, -0.25) is 13.9 Å². The van der Waals surface area contributed by atoms with Crippen LogP contribution < -0.4 is 9.62 Å². The Morgan fingerprint density at radius 3 is 2.16 bits per heavy atom. The number of halogens is 2. The molecule has 2 unspecified atom stereocenters. The van der Waals surface area contributed by atoms with E-state index >= 15 is 0 Å². The Labute approximate surface area is 228 Å². The fraction of sp³-hybridized carbons (Fsp3) is 0.286. The van der Waals surface area contributed by atoms with Gasteiger partial charge in [-0.25, -0.2) is 12.8 Å². The lowest BCUT2D eigenvalue weighted by molar-refractivity contribution is -0.139. The van der Waals surface area contributed by atoms with Gasteiger partial charge in [0.05, 0.1) is 10.6 Å². The van der Waals surface area contributed by atoms with Gasteiger partial charge in [-0.2, -0.15) is 0 Å².